The number of halogens is 1. The minimum absolute atomic E-state index is 0.135. The maximum absolute atomic E-state index is 11.4. The Morgan fingerprint density at radius 3 is 2.95 bits per heavy atom. The van der Waals surface area contributed by atoms with Crippen molar-refractivity contribution in [3.63, 3.8) is 0 Å². The third-order valence-electron chi connectivity index (χ3n) is 3.45. The monoisotopic (exact) mass is 326 g/mol. The van der Waals surface area contributed by atoms with E-state index in [0.717, 1.165) is 17.6 Å². The molecule has 1 heterocycles. The molecule has 2 unspecified atom stereocenters. The molecule has 0 spiro atoms. The van der Waals surface area contributed by atoms with Crippen LogP contribution in [0.5, 0.6) is 0 Å². The summed E-state index contributed by atoms with van der Waals surface area (Å²) in [5.74, 6) is -0.167. The van der Waals surface area contributed by atoms with Crippen LogP contribution >= 0.6 is 15.9 Å². The molecule has 0 aliphatic carbocycles. The van der Waals surface area contributed by atoms with E-state index in [1.165, 1.54) is 12.8 Å². The number of para-hydroxylation sites is 1. The second kappa shape index (κ2) is 6.39. The van der Waals surface area contributed by atoms with Crippen LogP contribution in [0.4, 0.5) is 5.69 Å². The fraction of sp³-hybridized carbons (Fsp3) is 0.500. The minimum atomic E-state index is -0.167. The fourth-order valence-electron chi connectivity index (χ4n) is 2.37. The molecule has 1 N–H and O–H groups in total. The highest BCUT2D eigenvalue weighted by molar-refractivity contribution is 9.10. The van der Waals surface area contributed by atoms with Crippen molar-refractivity contribution in [1.29, 1.82) is 0 Å². The number of anilines is 1. The molecule has 1 aliphatic heterocycles. The molecule has 0 saturated carbocycles. The first-order valence-electron chi connectivity index (χ1n) is 6.43. The Balaban J connectivity index is 2.11. The highest BCUT2D eigenvalue weighted by Gasteiger charge is 2.27. The molecule has 0 bridgehead atoms. The Morgan fingerprint density at radius 1 is 1.53 bits per heavy atom. The predicted molar refractivity (Wildman–Crippen MR) is 79.4 cm³/mol. The second-order valence-corrected chi connectivity index (χ2v) is 5.69. The number of nitrogens with one attached hydrogen (secondary N) is 1. The SMILES string of the molecule is COC(=O)CC1CN(c2ccccc2Br)C(C)CN1. The van der Waals surface area contributed by atoms with Gasteiger partial charge in [-0.25, -0.2) is 0 Å². The van der Waals surface area contributed by atoms with Crippen LogP contribution in [-0.4, -0.2) is 38.3 Å². The summed E-state index contributed by atoms with van der Waals surface area (Å²) in [7, 11) is 1.43. The summed E-state index contributed by atoms with van der Waals surface area (Å²) >= 11 is 3.59. The highest BCUT2D eigenvalue weighted by Crippen LogP contribution is 2.28. The van der Waals surface area contributed by atoms with Crippen molar-refractivity contribution in [3.8, 4) is 0 Å². The number of methoxy groups -OCH3 is 1. The summed E-state index contributed by atoms with van der Waals surface area (Å²) in [6.45, 7) is 3.85. The van der Waals surface area contributed by atoms with Crippen molar-refractivity contribution in [1.82, 2.24) is 5.32 Å². The molecule has 19 heavy (non-hydrogen) atoms. The molecule has 1 saturated heterocycles. The molecule has 1 fully saturated rings. The number of nitrogens with zero attached hydrogens (tertiary/aromatic N) is 1. The van der Waals surface area contributed by atoms with Gasteiger partial charge in [0, 0.05) is 29.6 Å². The van der Waals surface area contributed by atoms with Gasteiger partial charge >= 0.3 is 5.97 Å². The number of carbonyl (C=O) groups is 1. The van der Waals surface area contributed by atoms with Crippen LogP contribution in [0.25, 0.3) is 0 Å². The van der Waals surface area contributed by atoms with Gasteiger partial charge < -0.3 is 15.0 Å². The van der Waals surface area contributed by atoms with Gasteiger partial charge in [-0.2, -0.15) is 0 Å². The van der Waals surface area contributed by atoms with E-state index in [1.807, 2.05) is 18.2 Å². The molecule has 1 aromatic rings. The van der Waals surface area contributed by atoms with E-state index in [4.69, 9.17) is 4.74 Å². The molecule has 0 amide bonds. The maximum Gasteiger partial charge on any atom is 0.307 e. The Morgan fingerprint density at radius 2 is 2.26 bits per heavy atom. The minimum Gasteiger partial charge on any atom is -0.469 e. The maximum atomic E-state index is 11.4. The largest absolute Gasteiger partial charge is 0.469 e. The van der Waals surface area contributed by atoms with E-state index in [-0.39, 0.29) is 12.0 Å². The van der Waals surface area contributed by atoms with Gasteiger partial charge in [-0.15, -0.1) is 0 Å². The first-order valence-corrected chi connectivity index (χ1v) is 7.22. The van der Waals surface area contributed by atoms with Crippen LogP contribution in [-0.2, 0) is 9.53 Å². The highest BCUT2D eigenvalue weighted by atomic mass is 79.9. The summed E-state index contributed by atoms with van der Waals surface area (Å²) in [6, 6.07) is 8.71. The van der Waals surface area contributed by atoms with Crippen LogP contribution < -0.4 is 10.2 Å². The summed E-state index contributed by atoms with van der Waals surface area (Å²) in [4.78, 5) is 13.7. The van der Waals surface area contributed by atoms with Gasteiger partial charge in [0.1, 0.15) is 0 Å². The first kappa shape index (κ1) is 14.3. The van der Waals surface area contributed by atoms with Crippen molar-refractivity contribution < 1.29 is 9.53 Å². The molecule has 0 radical (unpaired) electrons. The first-order chi connectivity index (χ1) is 9.11. The van der Waals surface area contributed by atoms with Gasteiger partial charge in [-0.3, -0.25) is 4.79 Å². The normalized spacial score (nSPS) is 23.2. The average molecular weight is 327 g/mol. The lowest BCUT2D eigenvalue weighted by Crippen LogP contribution is -2.56. The lowest BCUT2D eigenvalue weighted by Gasteiger charge is -2.40. The predicted octanol–water partition coefficient (Wildman–Crippen LogP) is 2.18. The molecule has 1 aromatic carbocycles. The third-order valence-corrected chi connectivity index (χ3v) is 4.12. The molecular weight excluding hydrogens is 308 g/mol. The number of carbonyl (C=O) groups excluding carboxylic acids is 1. The molecule has 0 aromatic heterocycles. The summed E-state index contributed by atoms with van der Waals surface area (Å²) in [5.41, 5.74) is 1.17. The lowest BCUT2D eigenvalue weighted by molar-refractivity contribution is -0.141. The van der Waals surface area contributed by atoms with Crippen molar-refractivity contribution >= 4 is 27.6 Å². The molecule has 4 nitrogen and oxygen atoms in total. The quantitative estimate of drug-likeness (QED) is 0.864. The van der Waals surface area contributed by atoms with Gasteiger partial charge in [-0.05, 0) is 35.0 Å². The summed E-state index contributed by atoms with van der Waals surface area (Å²) < 4.78 is 5.82. The van der Waals surface area contributed by atoms with E-state index in [9.17, 15) is 4.79 Å². The zero-order chi connectivity index (χ0) is 13.8. The molecular formula is C14H19BrN2O2. The Hall–Kier alpha value is -1.07. The number of hydrogen-bond acceptors (Lipinski definition) is 4. The van der Waals surface area contributed by atoms with Crippen LogP contribution in [0.15, 0.2) is 28.7 Å². The number of hydrogen-bond donors (Lipinski definition) is 1. The molecule has 5 heteroatoms. The van der Waals surface area contributed by atoms with E-state index in [2.05, 4.69) is 39.1 Å². The van der Waals surface area contributed by atoms with Crippen molar-refractivity contribution in [2.75, 3.05) is 25.1 Å². The van der Waals surface area contributed by atoms with Crippen molar-refractivity contribution in [2.24, 2.45) is 0 Å². The van der Waals surface area contributed by atoms with Crippen LogP contribution in [0, 0.1) is 0 Å². The molecule has 1 aliphatic rings. The van der Waals surface area contributed by atoms with Crippen LogP contribution in [0.2, 0.25) is 0 Å². The van der Waals surface area contributed by atoms with Crippen LogP contribution in [0.1, 0.15) is 13.3 Å². The van der Waals surface area contributed by atoms with E-state index >= 15 is 0 Å². The lowest BCUT2D eigenvalue weighted by atomic mass is 10.1. The van der Waals surface area contributed by atoms with E-state index in [1.54, 1.807) is 0 Å². The topological polar surface area (TPSA) is 41.6 Å². The number of ether oxygens (including phenoxy) is 1. The molecule has 2 rings (SSSR count). The number of esters is 1. The van der Waals surface area contributed by atoms with Crippen molar-refractivity contribution in [3.05, 3.63) is 28.7 Å². The number of benzene rings is 1. The van der Waals surface area contributed by atoms with Gasteiger partial charge in [0.15, 0.2) is 0 Å². The third kappa shape index (κ3) is 3.48. The number of rotatable bonds is 3. The van der Waals surface area contributed by atoms with Gasteiger partial charge in [0.2, 0.25) is 0 Å². The summed E-state index contributed by atoms with van der Waals surface area (Å²) in [5, 5.41) is 3.40. The van der Waals surface area contributed by atoms with Gasteiger partial charge in [-0.1, -0.05) is 12.1 Å². The van der Waals surface area contributed by atoms with Crippen molar-refractivity contribution in [2.45, 2.75) is 25.4 Å². The smallest absolute Gasteiger partial charge is 0.307 e. The zero-order valence-corrected chi connectivity index (χ0v) is 12.8. The van der Waals surface area contributed by atoms with E-state index in [0.29, 0.717) is 12.5 Å². The Labute approximate surface area is 122 Å². The average Bonchev–Trinajstić information content (AvgIpc) is 2.41. The standard InChI is InChI=1S/C14H19BrN2O2/c1-10-8-16-11(7-14(18)19-2)9-17(10)13-6-4-3-5-12(13)15/h3-6,10-11,16H,7-9H2,1-2H3. The van der Waals surface area contributed by atoms with E-state index < -0.39 is 0 Å². The Kier molecular flexibility index (Phi) is 4.82. The fourth-order valence-corrected chi connectivity index (χ4v) is 2.88. The zero-order valence-electron chi connectivity index (χ0n) is 11.2. The molecule has 2 atom stereocenters. The molecule has 104 valence electrons. The number of piperazine rings is 1. The van der Waals surface area contributed by atoms with Crippen LogP contribution in [0.3, 0.4) is 0 Å². The summed E-state index contributed by atoms with van der Waals surface area (Å²) in [6.07, 6.45) is 0.407. The Bertz CT molecular complexity index is 453. The van der Waals surface area contributed by atoms with Gasteiger partial charge in [0.05, 0.1) is 19.2 Å². The van der Waals surface area contributed by atoms with Gasteiger partial charge in [0.25, 0.3) is 0 Å². The second-order valence-electron chi connectivity index (χ2n) is 4.84.